The van der Waals surface area contributed by atoms with Gasteiger partial charge in [-0.3, -0.25) is 15.0 Å². The van der Waals surface area contributed by atoms with Crippen molar-refractivity contribution in [2.24, 2.45) is 0 Å². The van der Waals surface area contributed by atoms with Gasteiger partial charge >= 0.3 is 0 Å². The Morgan fingerprint density at radius 1 is 1.12 bits per heavy atom. The van der Waals surface area contributed by atoms with Gasteiger partial charge in [0.15, 0.2) is 0 Å². The molecule has 2 N–H and O–H groups in total. The van der Waals surface area contributed by atoms with Crippen LogP contribution in [0.5, 0.6) is 0 Å². The second kappa shape index (κ2) is 7.11. The zero-order valence-electron chi connectivity index (χ0n) is 14.0. The van der Waals surface area contributed by atoms with E-state index in [0.29, 0.717) is 11.4 Å². The molecule has 0 radical (unpaired) electrons. The predicted octanol–water partition coefficient (Wildman–Crippen LogP) is 3.83. The number of benzene rings is 2. The zero-order valence-corrected chi connectivity index (χ0v) is 15.6. The van der Waals surface area contributed by atoms with Crippen LogP contribution in [0.4, 0.5) is 11.4 Å². The number of hydrogen-bond acceptors (Lipinski definition) is 3. The molecule has 25 heavy (non-hydrogen) atoms. The minimum atomic E-state index is -0.280. The van der Waals surface area contributed by atoms with Crippen LogP contribution in [0.2, 0.25) is 0 Å². The summed E-state index contributed by atoms with van der Waals surface area (Å²) in [6, 6.07) is 13.0. The van der Waals surface area contributed by atoms with Crippen LogP contribution in [-0.2, 0) is 9.59 Å². The molecule has 2 aromatic carbocycles. The normalized spacial score (nSPS) is 14.0. The monoisotopic (exact) mass is 399 g/mol. The third kappa shape index (κ3) is 3.91. The molecule has 1 heterocycles. The molecule has 0 aliphatic carbocycles. The Hall–Kier alpha value is -2.60. The molecule has 5 nitrogen and oxygen atoms in total. The van der Waals surface area contributed by atoms with Crippen LogP contribution in [0.1, 0.15) is 17.5 Å². The first-order valence-electron chi connectivity index (χ1n) is 7.88. The van der Waals surface area contributed by atoms with Gasteiger partial charge in [0, 0.05) is 16.6 Å². The van der Waals surface area contributed by atoms with Crippen LogP contribution in [0.25, 0.3) is 0 Å². The molecule has 128 valence electrons. The van der Waals surface area contributed by atoms with E-state index in [4.69, 9.17) is 0 Å². The van der Waals surface area contributed by atoms with Crippen molar-refractivity contribution in [2.45, 2.75) is 20.3 Å². The molecule has 0 saturated heterocycles. The highest BCUT2D eigenvalue weighted by Gasteiger charge is 2.24. The maximum Gasteiger partial charge on any atom is 0.273 e. The average Bonchev–Trinajstić information content (AvgIpc) is 2.59. The SMILES string of the molecule is Cc1ccc(NC(=O)C2=CCC(=O)N(c3ccc(Br)cc3)N2)cc1C. The lowest BCUT2D eigenvalue weighted by Gasteiger charge is -2.28. The lowest BCUT2D eigenvalue weighted by molar-refractivity contribution is -0.119. The Labute approximate surface area is 154 Å². The largest absolute Gasteiger partial charge is 0.321 e. The van der Waals surface area contributed by atoms with Crippen molar-refractivity contribution in [2.75, 3.05) is 10.3 Å². The number of amides is 2. The molecule has 6 heteroatoms. The quantitative estimate of drug-likeness (QED) is 0.824. The first-order valence-corrected chi connectivity index (χ1v) is 8.67. The van der Waals surface area contributed by atoms with E-state index in [1.807, 2.05) is 44.2 Å². The van der Waals surface area contributed by atoms with Gasteiger partial charge in [-0.1, -0.05) is 22.0 Å². The molecule has 2 amide bonds. The Kier molecular flexibility index (Phi) is 4.90. The maximum absolute atomic E-state index is 12.5. The summed E-state index contributed by atoms with van der Waals surface area (Å²) in [6.45, 7) is 4.02. The van der Waals surface area contributed by atoms with Crippen molar-refractivity contribution in [3.05, 3.63) is 69.8 Å². The van der Waals surface area contributed by atoms with Gasteiger partial charge in [-0.05, 0) is 67.4 Å². The highest BCUT2D eigenvalue weighted by molar-refractivity contribution is 9.10. The number of nitrogens with one attached hydrogen (secondary N) is 2. The molecule has 1 aliphatic rings. The third-order valence-electron chi connectivity index (χ3n) is 4.06. The van der Waals surface area contributed by atoms with Gasteiger partial charge in [0.05, 0.1) is 5.69 Å². The smallest absolute Gasteiger partial charge is 0.273 e. The van der Waals surface area contributed by atoms with Gasteiger partial charge in [-0.2, -0.15) is 0 Å². The summed E-state index contributed by atoms with van der Waals surface area (Å²) >= 11 is 3.37. The summed E-state index contributed by atoms with van der Waals surface area (Å²) in [5.74, 6) is -0.400. The van der Waals surface area contributed by atoms with E-state index in [2.05, 4.69) is 26.7 Å². The standard InChI is InChI=1S/C19H18BrN3O2/c1-12-3-6-15(11-13(12)2)21-19(25)17-9-10-18(24)23(22-17)16-7-4-14(20)5-8-16/h3-9,11,22H,10H2,1-2H3,(H,21,25). The second-order valence-electron chi connectivity index (χ2n) is 5.89. The van der Waals surface area contributed by atoms with Crippen molar-refractivity contribution in [3.63, 3.8) is 0 Å². The summed E-state index contributed by atoms with van der Waals surface area (Å²) in [6.07, 6.45) is 1.77. The van der Waals surface area contributed by atoms with Crippen molar-refractivity contribution < 1.29 is 9.59 Å². The first-order chi connectivity index (χ1) is 11.9. The number of halogens is 1. The minimum absolute atomic E-state index is 0.120. The highest BCUT2D eigenvalue weighted by Crippen LogP contribution is 2.21. The molecular formula is C19H18BrN3O2. The number of carbonyl (C=O) groups is 2. The van der Waals surface area contributed by atoms with Crippen molar-refractivity contribution in [1.82, 2.24) is 5.43 Å². The maximum atomic E-state index is 12.5. The molecule has 0 fully saturated rings. The van der Waals surface area contributed by atoms with E-state index < -0.39 is 0 Å². The van der Waals surface area contributed by atoms with E-state index in [1.54, 1.807) is 18.2 Å². The molecule has 3 rings (SSSR count). The Morgan fingerprint density at radius 3 is 2.52 bits per heavy atom. The van der Waals surface area contributed by atoms with Gasteiger partial charge in [0.2, 0.25) is 5.91 Å². The fourth-order valence-corrected chi connectivity index (χ4v) is 2.73. The summed E-state index contributed by atoms with van der Waals surface area (Å²) in [7, 11) is 0. The van der Waals surface area contributed by atoms with E-state index in [0.717, 1.165) is 15.7 Å². The predicted molar refractivity (Wildman–Crippen MR) is 102 cm³/mol. The summed E-state index contributed by atoms with van der Waals surface area (Å²) in [5, 5.41) is 4.25. The van der Waals surface area contributed by atoms with Crippen molar-refractivity contribution in [1.29, 1.82) is 0 Å². The minimum Gasteiger partial charge on any atom is -0.321 e. The summed E-state index contributed by atoms with van der Waals surface area (Å²) < 4.78 is 0.920. The molecule has 2 aromatic rings. The number of carbonyl (C=O) groups excluding carboxylic acids is 2. The number of hydrogen-bond donors (Lipinski definition) is 2. The van der Waals surface area contributed by atoms with E-state index in [1.165, 1.54) is 10.6 Å². The van der Waals surface area contributed by atoms with E-state index in [-0.39, 0.29) is 18.2 Å². The van der Waals surface area contributed by atoms with Gasteiger partial charge in [-0.15, -0.1) is 0 Å². The van der Waals surface area contributed by atoms with Gasteiger partial charge < -0.3 is 5.32 Å². The van der Waals surface area contributed by atoms with Crippen molar-refractivity contribution in [3.8, 4) is 0 Å². The number of hydrazine groups is 1. The molecule has 0 bridgehead atoms. The van der Waals surface area contributed by atoms with E-state index in [9.17, 15) is 9.59 Å². The van der Waals surface area contributed by atoms with Crippen LogP contribution >= 0.6 is 15.9 Å². The van der Waals surface area contributed by atoms with Gasteiger partial charge in [0.25, 0.3) is 5.91 Å². The van der Waals surface area contributed by atoms with Crippen LogP contribution in [0.3, 0.4) is 0 Å². The van der Waals surface area contributed by atoms with Crippen LogP contribution < -0.4 is 15.8 Å². The third-order valence-corrected chi connectivity index (χ3v) is 4.59. The average molecular weight is 400 g/mol. The fraction of sp³-hybridized carbons (Fsp3) is 0.158. The highest BCUT2D eigenvalue weighted by atomic mass is 79.9. The molecule has 0 aromatic heterocycles. The molecule has 0 unspecified atom stereocenters. The first kappa shape index (κ1) is 17.2. The number of rotatable bonds is 3. The lowest BCUT2D eigenvalue weighted by Crippen LogP contribution is -2.47. The van der Waals surface area contributed by atoms with Crippen LogP contribution in [0, 0.1) is 13.8 Å². The molecule has 1 aliphatic heterocycles. The fourth-order valence-electron chi connectivity index (χ4n) is 2.47. The number of anilines is 2. The van der Waals surface area contributed by atoms with Gasteiger partial charge in [-0.25, -0.2) is 5.01 Å². The molecule has 0 spiro atoms. The Balaban J connectivity index is 1.75. The van der Waals surface area contributed by atoms with Gasteiger partial charge in [0.1, 0.15) is 5.70 Å². The second-order valence-corrected chi connectivity index (χ2v) is 6.81. The van der Waals surface area contributed by atoms with Crippen molar-refractivity contribution >= 4 is 39.1 Å². The Morgan fingerprint density at radius 2 is 1.84 bits per heavy atom. The zero-order chi connectivity index (χ0) is 18.0. The molecular weight excluding hydrogens is 382 g/mol. The molecule has 0 saturated carbocycles. The topological polar surface area (TPSA) is 61.4 Å². The Bertz CT molecular complexity index is 859. The number of nitrogens with zero attached hydrogens (tertiary/aromatic N) is 1. The number of aryl methyl sites for hydroxylation is 2. The van der Waals surface area contributed by atoms with Crippen LogP contribution in [0.15, 0.2) is 58.7 Å². The lowest BCUT2D eigenvalue weighted by atomic mass is 10.1. The summed E-state index contributed by atoms with van der Waals surface area (Å²) in [5.41, 5.74) is 6.93. The van der Waals surface area contributed by atoms with E-state index >= 15 is 0 Å². The summed E-state index contributed by atoms with van der Waals surface area (Å²) in [4.78, 5) is 24.7. The van der Waals surface area contributed by atoms with Crippen LogP contribution in [-0.4, -0.2) is 11.8 Å². The molecule has 0 atom stereocenters.